The fourth-order valence-corrected chi connectivity index (χ4v) is 6.87. The number of amides is 2. The number of sulfone groups is 1. The van der Waals surface area contributed by atoms with Crippen molar-refractivity contribution in [2.75, 3.05) is 54.1 Å². The number of para-hydroxylation sites is 1. The summed E-state index contributed by atoms with van der Waals surface area (Å²) in [6, 6.07) is 10.4. The van der Waals surface area contributed by atoms with E-state index >= 15 is 0 Å². The van der Waals surface area contributed by atoms with E-state index in [9.17, 15) is 26.4 Å². The molecule has 0 bridgehead atoms. The van der Waals surface area contributed by atoms with E-state index in [-0.39, 0.29) is 48.1 Å². The molecule has 2 N–H and O–H groups in total. The second-order valence-electron chi connectivity index (χ2n) is 12.3. The predicted molar refractivity (Wildman–Crippen MR) is 186 cm³/mol. The molecule has 1 aromatic carbocycles. The zero-order valence-electron chi connectivity index (χ0n) is 28.6. The van der Waals surface area contributed by atoms with Gasteiger partial charge in [-0.25, -0.2) is 26.6 Å². The SMILES string of the molecule is Cc1cc(OCC#CCNC(=O)OC(C)(C)C)nc(N2CCC(S(=O)(=O)c3ccc(NC(=O)c4ccccc4N(C)S(C)(=O)=O)nn3)CC2)n1. The van der Waals surface area contributed by atoms with E-state index in [1.54, 1.807) is 45.9 Å². The van der Waals surface area contributed by atoms with Crippen molar-refractivity contribution in [3.05, 3.63) is 53.7 Å². The molecular weight excluding hydrogens is 689 g/mol. The summed E-state index contributed by atoms with van der Waals surface area (Å²) < 4.78 is 62.7. The first-order valence-electron chi connectivity index (χ1n) is 15.5. The summed E-state index contributed by atoms with van der Waals surface area (Å²) in [6.07, 6.45) is 1.04. The Morgan fingerprint density at radius 2 is 1.72 bits per heavy atom. The summed E-state index contributed by atoms with van der Waals surface area (Å²) in [5.41, 5.74) is 0.310. The van der Waals surface area contributed by atoms with Crippen LogP contribution in [0.1, 0.15) is 49.7 Å². The highest BCUT2D eigenvalue weighted by molar-refractivity contribution is 7.92. The molecule has 0 radical (unpaired) electrons. The van der Waals surface area contributed by atoms with Crippen molar-refractivity contribution in [1.82, 2.24) is 25.5 Å². The molecule has 4 rings (SSSR count). The smallest absolute Gasteiger partial charge is 0.408 e. The van der Waals surface area contributed by atoms with Gasteiger partial charge in [0.15, 0.2) is 27.3 Å². The first-order valence-corrected chi connectivity index (χ1v) is 18.9. The molecule has 2 aromatic heterocycles. The van der Waals surface area contributed by atoms with E-state index in [2.05, 4.69) is 42.6 Å². The third-order valence-electron chi connectivity index (χ3n) is 7.28. The lowest BCUT2D eigenvalue weighted by atomic mass is 10.1. The van der Waals surface area contributed by atoms with Gasteiger partial charge in [0.2, 0.25) is 21.9 Å². The van der Waals surface area contributed by atoms with Crippen LogP contribution in [0, 0.1) is 18.8 Å². The number of hydrogen-bond donors (Lipinski definition) is 2. The van der Waals surface area contributed by atoms with Gasteiger partial charge in [-0.1, -0.05) is 24.0 Å². The molecule has 2 amide bonds. The van der Waals surface area contributed by atoms with Crippen LogP contribution in [0.3, 0.4) is 0 Å². The number of ether oxygens (including phenoxy) is 2. The van der Waals surface area contributed by atoms with Crippen LogP contribution < -0.4 is 24.6 Å². The average Bonchev–Trinajstić information content (AvgIpc) is 3.05. The van der Waals surface area contributed by atoms with Crippen molar-refractivity contribution in [1.29, 1.82) is 0 Å². The fourth-order valence-electron chi connectivity index (χ4n) is 4.77. The lowest BCUT2D eigenvalue weighted by Crippen LogP contribution is -2.40. The lowest BCUT2D eigenvalue weighted by Gasteiger charge is -2.31. The summed E-state index contributed by atoms with van der Waals surface area (Å²) >= 11 is 0. The van der Waals surface area contributed by atoms with Gasteiger partial charge >= 0.3 is 6.09 Å². The van der Waals surface area contributed by atoms with E-state index in [0.29, 0.717) is 30.6 Å². The second-order valence-corrected chi connectivity index (χ2v) is 16.5. The topological polar surface area (TPSA) is 203 Å². The predicted octanol–water partition coefficient (Wildman–Crippen LogP) is 2.57. The van der Waals surface area contributed by atoms with Gasteiger partial charge in [0, 0.05) is 31.9 Å². The number of aryl methyl sites for hydroxylation is 1. The number of sulfonamides is 1. The number of alkyl carbamates (subject to hydrolysis) is 1. The van der Waals surface area contributed by atoms with Gasteiger partial charge in [0.25, 0.3) is 5.91 Å². The molecule has 16 nitrogen and oxygen atoms in total. The number of nitrogens with zero attached hydrogens (tertiary/aromatic N) is 6. The molecule has 18 heteroatoms. The Balaban J connectivity index is 1.32. The number of nitrogens with one attached hydrogen (secondary N) is 2. The molecule has 1 aliphatic heterocycles. The van der Waals surface area contributed by atoms with Crippen molar-refractivity contribution in [3.8, 4) is 17.7 Å². The van der Waals surface area contributed by atoms with Crippen molar-refractivity contribution >= 4 is 49.3 Å². The second kappa shape index (κ2) is 15.7. The standard InChI is InChI=1S/C32H40N8O8S2/c1-22-21-27(47-20-10-9-17-33-31(42)48-32(2,3)4)36-30(34-22)40-18-15-23(16-19-40)50(45,46)28-14-13-26(37-38-28)35-29(41)24-11-7-8-12-25(24)39(5)49(6,43)44/h7-8,11-14,21,23H,15-20H2,1-6H3,(H,33,42)(H,35,37,41). The summed E-state index contributed by atoms with van der Waals surface area (Å²) in [6.45, 7) is 7.96. The fraction of sp³-hybridized carbons (Fsp3) is 0.438. The molecule has 1 aliphatic rings. The summed E-state index contributed by atoms with van der Waals surface area (Å²) in [5, 5.41) is 11.9. The molecule has 0 saturated carbocycles. The van der Waals surface area contributed by atoms with E-state index in [4.69, 9.17) is 9.47 Å². The molecule has 50 heavy (non-hydrogen) atoms. The Kier molecular flexibility index (Phi) is 11.9. The third-order valence-corrected chi connectivity index (χ3v) is 10.6. The molecular formula is C32H40N8O8S2. The zero-order valence-corrected chi connectivity index (χ0v) is 30.3. The Labute approximate surface area is 292 Å². The number of hydrogen-bond acceptors (Lipinski definition) is 13. The van der Waals surface area contributed by atoms with Crippen molar-refractivity contribution < 1.29 is 35.9 Å². The summed E-state index contributed by atoms with van der Waals surface area (Å²) in [4.78, 5) is 35.5. The van der Waals surface area contributed by atoms with Crippen LogP contribution in [0.15, 0.2) is 47.5 Å². The third kappa shape index (κ3) is 10.2. The summed E-state index contributed by atoms with van der Waals surface area (Å²) in [5.74, 6) is 5.66. The molecule has 268 valence electrons. The molecule has 1 saturated heterocycles. The molecule has 0 atom stereocenters. The highest BCUT2D eigenvalue weighted by Crippen LogP contribution is 2.27. The largest absolute Gasteiger partial charge is 0.464 e. The van der Waals surface area contributed by atoms with E-state index < -0.39 is 42.7 Å². The monoisotopic (exact) mass is 728 g/mol. The molecule has 1 fully saturated rings. The molecule has 3 aromatic rings. The summed E-state index contributed by atoms with van der Waals surface area (Å²) in [7, 11) is -6.14. The number of anilines is 3. The number of aromatic nitrogens is 4. The maximum Gasteiger partial charge on any atom is 0.408 e. The maximum absolute atomic E-state index is 13.4. The molecule has 0 unspecified atom stereocenters. The number of piperidine rings is 1. The van der Waals surface area contributed by atoms with Crippen LogP contribution in [0.25, 0.3) is 0 Å². The highest BCUT2D eigenvalue weighted by Gasteiger charge is 2.33. The van der Waals surface area contributed by atoms with Crippen LogP contribution in [-0.4, -0.2) is 99.4 Å². The van der Waals surface area contributed by atoms with Crippen LogP contribution >= 0.6 is 0 Å². The zero-order chi connectivity index (χ0) is 36.7. The maximum atomic E-state index is 13.4. The number of carbonyl (C=O) groups is 2. The van der Waals surface area contributed by atoms with Crippen molar-refractivity contribution in [3.63, 3.8) is 0 Å². The Bertz CT molecular complexity index is 1980. The molecule has 3 heterocycles. The van der Waals surface area contributed by atoms with Gasteiger partial charge < -0.3 is 25.0 Å². The van der Waals surface area contributed by atoms with E-state index in [0.717, 1.165) is 10.6 Å². The van der Waals surface area contributed by atoms with Gasteiger partial charge in [-0.05, 0) is 64.8 Å². The Morgan fingerprint density at radius 3 is 2.36 bits per heavy atom. The normalized spacial score (nSPS) is 13.8. The number of benzene rings is 1. The van der Waals surface area contributed by atoms with Crippen LogP contribution in [0.5, 0.6) is 5.88 Å². The first kappa shape index (κ1) is 37.8. The van der Waals surface area contributed by atoms with E-state index in [1.165, 1.54) is 31.3 Å². The van der Waals surface area contributed by atoms with Crippen LogP contribution in [0.4, 0.5) is 22.2 Å². The molecule has 0 spiro atoms. The Morgan fingerprint density at radius 1 is 1.02 bits per heavy atom. The number of carbonyl (C=O) groups excluding carboxylic acids is 2. The minimum atomic E-state index is -3.85. The number of rotatable bonds is 10. The minimum Gasteiger partial charge on any atom is -0.464 e. The lowest BCUT2D eigenvalue weighted by molar-refractivity contribution is 0.0534. The van der Waals surface area contributed by atoms with Gasteiger partial charge in [-0.15, -0.1) is 10.2 Å². The quantitative estimate of drug-likeness (QED) is 0.289. The minimum absolute atomic E-state index is 0.00125. The van der Waals surface area contributed by atoms with Gasteiger partial charge in [0.1, 0.15) is 5.60 Å². The van der Waals surface area contributed by atoms with Gasteiger partial charge in [-0.3, -0.25) is 9.10 Å². The van der Waals surface area contributed by atoms with Crippen LogP contribution in [0.2, 0.25) is 0 Å². The average molecular weight is 729 g/mol. The van der Waals surface area contributed by atoms with Gasteiger partial charge in [-0.2, -0.15) is 4.98 Å². The Hall–Kier alpha value is -5.02. The van der Waals surface area contributed by atoms with Crippen LogP contribution in [-0.2, 0) is 24.6 Å². The van der Waals surface area contributed by atoms with Gasteiger partial charge in [0.05, 0.1) is 29.3 Å². The first-order chi connectivity index (χ1) is 23.4. The molecule has 0 aliphatic carbocycles. The van der Waals surface area contributed by atoms with Crippen molar-refractivity contribution in [2.45, 2.75) is 56.4 Å². The van der Waals surface area contributed by atoms with Crippen molar-refractivity contribution in [2.24, 2.45) is 0 Å². The highest BCUT2D eigenvalue weighted by atomic mass is 32.2. The van der Waals surface area contributed by atoms with E-state index in [1.807, 2.05) is 4.90 Å².